The van der Waals surface area contributed by atoms with E-state index < -0.39 is 0 Å². The van der Waals surface area contributed by atoms with Gasteiger partial charge in [0.1, 0.15) is 23.4 Å². The summed E-state index contributed by atoms with van der Waals surface area (Å²) < 4.78 is 17.7. The Morgan fingerprint density at radius 3 is 2.40 bits per heavy atom. The number of methoxy groups -OCH3 is 1. The molecule has 2 fully saturated rings. The number of amides is 1. The van der Waals surface area contributed by atoms with Gasteiger partial charge in [0.05, 0.1) is 31.5 Å². The van der Waals surface area contributed by atoms with Gasteiger partial charge in [-0.2, -0.15) is 0 Å². The highest BCUT2D eigenvalue weighted by molar-refractivity contribution is 5.73. The third-order valence-corrected chi connectivity index (χ3v) is 5.57. The van der Waals surface area contributed by atoms with Gasteiger partial charge in [0.15, 0.2) is 0 Å². The van der Waals surface area contributed by atoms with Crippen LogP contribution in [0.15, 0.2) is 42.5 Å². The van der Waals surface area contributed by atoms with Gasteiger partial charge in [0, 0.05) is 26.0 Å². The molecule has 1 saturated heterocycles. The molecule has 0 spiro atoms. The Bertz CT molecular complexity index is 879. The lowest BCUT2D eigenvalue weighted by atomic mass is 10.1. The van der Waals surface area contributed by atoms with Crippen molar-refractivity contribution in [1.82, 2.24) is 5.32 Å². The van der Waals surface area contributed by atoms with E-state index in [-0.39, 0.29) is 18.1 Å². The monoisotopic (exact) mass is 410 g/mol. The number of hydrogen-bond acceptors (Lipinski definition) is 5. The van der Waals surface area contributed by atoms with Gasteiger partial charge in [0.25, 0.3) is 0 Å². The van der Waals surface area contributed by atoms with E-state index in [2.05, 4.69) is 16.3 Å². The van der Waals surface area contributed by atoms with E-state index >= 15 is 0 Å². The Kier molecular flexibility index (Phi) is 6.02. The first kappa shape index (κ1) is 20.4. The molecule has 1 saturated carbocycles. The molecule has 0 radical (unpaired) electrons. The molecule has 160 valence electrons. The second-order valence-corrected chi connectivity index (χ2v) is 8.12. The number of nitrogens with one attached hydrogen (secondary N) is 1. The van der Waals surface area contributed by atoms with Crippen LogP contribution in [0.5, 0.6) is 17.2 Å². The molecule has 1 amide bonds. The summed E-state index contributed by atoms with van der Waals surface area (Å²) >= 11 is 0. The molecular weight excluding hydrogens is 380 g/mol. The number of anilines is 1. The lowest BCUT2D eigenvalue weighted by Gasteiger charge is -2.22. The molecule has 2 aromatic carbocycles. The SMILES string of the molecule is COc1cc(OC2CC2)ccc1N1CC[C@@H](Oc2ccc([C@H](C)NC(C)=O)cc2)C1. The summed E-state index contributed by atoms with van der Waals surface area (Å²) in [6.07, 6.45) is 3.73. The quantitative estimate of drug-likeness (QED) is 0.710. The van der Waals surface area contributed by atoms with E-state index in [1.54, 1.807) is 7.11 Å². The molecule has 0 unspecified atom stereocenters. The van der Waals surface area contributed by atoms with E-state index in [9.17, 15) is 4.79 Å². The zero-order chi connectivity index (χ0) is 21.1. The number of carbonyl (C=O) groups excluding carboxylic acids is 1. The summed E-state index contributed by atoms with van der Waals surface area (Å²) in [7, 11) is 1.70. The minimum absolute atomic E-state index is 0.0159. The summed E-state index contributed by atoms with van der Waals surface area (Å²) in [5.41, 5.74) is 2.13. The van der Waals surface area contributed by atoms with Gasteiger partial charge in [0.2, 0.25) is 5.91 Å². The number of carbonyl (C=O) groups is 1. The molecule has 1 aliphatic carbocycles. The van der Waals surface area contributed by atoms with Crippen molar-refractivity contribution < 1.29 is 19.0 Å². The summed E-state index contributed by atoms with van der Waals surface area (Å²) in [6, 6.07) is 14.0. The fourth-order valence-electron chi connectivity index (χ4n) is 3.83. The van der Waals surface area contributed by atoms with Crippen molar-refractivity contribution in [1.29, 1.82) is 0 Å². The van der Waals surface area contributed by atoms with Crippen LogP contribution >= 0.6 is 0 Å². The highest BCUT2D eigenvalue weighted by Crippen LogP contribution is 2.36. The van der Waals surface area contributed by atoms with Gasteiger partial charge in [-0.05, 0) is 49.6 Å². The van der Waals surface area contributed by atoms with Crippen molar-refractivity contribution >= 4 is 11.6 Å². The number of benzene rings is 2. The van der Waals surface area contributed by atoms with Crippen molar-refractivity contribution in [3.05, 3.63) is 48.0 Å². The molecule has 6 nitrogen and oxygen atoms in total. The molecule has 0 aromatic heterocycles. The van der Waals surface area contributed by atoms with Gasteiger partial charge >= 0.3 is 0 Å². The maximum Gasteiger partial charge on any atom is 0.217 e. The van der Waals surface area contributed by atoms with Gasteiger partial charge in [-0.3, -0.25) is 4.79 Å². The third-order valence-electron chi connectivity index (χ3n) is 5.57. The van der Waals surface area contributed by atoms with E-state index in [4.69, 9.17) is 14.2 Å². The topological polar surface area (TPSA) is 60.0 Å². The maximum atomic E-state index is 11.2. The van der Waals surface area contributed by atoms with Crippen LogP contribution in [0.4, 0.5) is 5.69 Å². The standard InChI is InChI=1S/C24H30N2O4/c1-16(25-17(2)27)18-4-6-19(7-5-18)30-22-12-13-26(15-22)23-11-10-21(14-24(23)28-3)29-20-8-9-20/h4-7,10-11,14,16,20,22H,8-9,12-13,15H2,1-3H3,(H,25,27)/t16-,22+/m0/s1. The summed E-state index contributed by atoms with van der Waals surface area (Å²) in [6.45, 7) is 5.23. The number of nitrogens with zero attached hydrogens (tertiary/aromatic N) is 1. The molecular formula is C24H30N2O4. The second-order valence-electron chi connectivity index (χ2n) is 8.12. The molecule has 6 heteroatoms. The van der Waals surface area contributed by atoms with Crippen molar-refractivity contribution in [3.8, 4) is 17.2 Å². The van der Waals surface area contributed by atoms with Crippen LogP contribution < -0.4 is 24.4 Å². The van der Waals surface area contributed by atoms with Gasteiger partial charge in [-0.15, -0.1) is 0 Å². The molecule has 1 aliphatic heterocycles. The molecule has 2 aromatic rings. The van der Waals surface area contributed by atoms with E-state index in [0.717, 1.165) is 60.9 Å². The van der Waals surface area contributed by atoms with Crippen molar-refractivity contribution in [2.75, 3.05) is 25.1 Å². The van der Waals surface area contributed by atoms with E-state index in [0.29, 0.717) is 6.10 Å². The largest absolute Gasteiger partial charge is 0.494 e. The Morgan fingerprint density at radius 1 is 1.03 bits per heavy atom. The predicted octanol–water partition coefficient (Wildman–Crippen LogP) is 4.09. The Balaban J connectivity index is 1.36. The highest BCUT2D eigenvalue weighted by atomic mass is 16.5. The molecule has 1 heterocycles. The smallest absolute Gasteiger partial charge is 0.217 e. The van der Waals surface area contributed by atoms with Crippen molar-refractivity contribution in [2.45, 2.75) is 51.4 Å². The van der Waals surface area contributed by atoms with E-state index in [1.165, 1.54) is 6.92 Å². The zero-order valence-electron chi connectivity index (χ0n) is 17.9. The highest BCUT2D eigenvalue weighted by Gasteiger charge is 2.27. The average Bonchev–Trinajstić information content (AvgIpc) is 3.43. The Hall–Kier alpha value is -2.89. The first-order chi connectivity index (χ1) is 14.5. The lowest BCUT2D eigenvalue weighted by Crippen LogP contribution is -2.25. The Labute approximate surface area is 178 Å². The van der Waals surface area contributed by atoms with Crippen LogP contribution in [0.2, 0.25) is 0 Å². The van der Waals surface area contributed by atoms with Gasteiger partial charge in [-0.1, -0.05) is 12.1 Å². The van der Waals surface area contributed by atoms with Crippen LogP contribution in [0, 0.1) is 0 Å². The molecule has 1 N–H and O–H groups in total. The number of rotatable bonds is 8. The first-order valence-electron chi connectivity index (χ1n) is 10.6. The average molecular weight is 411 g/mol. The van der Waals surface area contributed by atoms with Gasteiger partial charge in [-0.25, -0.2) is 0 Å². The maximum absolute atomic E-state index is 11.2. The number of hydrogen-bond donors (Lipinski definition) is 1. The molecule has 0 bridgehead atoms. The van der Waals surface area contributed by atoms with Gasteiger partial charge < -0.3 is 24.4 Å². The Morgan fingerprint density at radius 2 is 1.73 bits per heavy atom. The summed E-state index contributed by atoms with van der Waals surface area (Å²) in [4.78, 5) is 13.5. The van der Waals surface area contributed by atoms with Crippen LogP contribution in [0.25, 0.3) is 0 Å². The third kappa shape index (κ3) is 4.99. The van der Waals surface area contributed by atoms with Crippen molar-refractivity contribution in [2.24, 2.45) is 0 Å². The zero-order valence-corrected chi connectivity index (χ0v) is 17.9. The molecule has 2 aliphatic rings. The van der Waals surface area contributed by atoms with Crippen LogP contribution in [0.1, 0.15) is 44.7 Å². The molecule has 2 atom stereocenters. The minimum Gasteiger partial charge on any atom is -0.494 e. The second kappa shape index (κ2) is 8.86. The lowest BCUT2D eigenvalue weighted by molar-refractivity contribution is -0.119. The van der Waals surface area contributed by atoms with Crippen LogP contribution in [-0.2, 0) is 4.79 Å². The van der Waals surface area contributed by atoms with Crippen molar-refractivity contribution in [3.63, 3.8) is 0 Å². The molecule has 4 rings (SSSR count). The summed E-state index contributed by atoms with van der Waals surface area (Å²) in [5.74, 6) is 2.53. The van der Waals surface area contributed by atoms with Crippen LogP contribution in [-0.4, -0.2) is 38.3 Å². The molecule has 30 heavy (non-hydrogen) atoms. The fraction of sp³-hybridized carbons (Fsp3) is 0.458. The van der Waals surface area contributed by atoms with Crippen LogP contribution in [0.3, 0.4) is 0 Å². The fourth-order valence-corrected chi connectivity index (χ4v) is 3.83. The normalized spacial score (nSPS) is 19.3. The summed E-state index contributed by atoms with van der Waals surface area (Å²) in [5, 5.41) is 2.90. The minimum atomic E-state index is -0.0311. The van der Waals surface area contributed by atoms with E-state index in [1.807, 2.05) is 43.3 Å². The number of ether oxygens (including phenoxy) is 3. The first-order valence-corrected chi connectivity index (χ1v) is 10.6. The predicted molar refractivity (Wildman–Crippen MR) is 117 cm³/mol.